The zero-order valence-corrected chi connectivity index (χ0v) is 14.9. The van der Waals surface area contributed by atoms with E-state index in [-0.39, 0.29) is 29.6 Å². The van der Waals surface area contributed by atoms with Crippen LogP contribution in [0, 0.1) is 11.7 Å². The zero-order chi connectivity index (χ0) is 19.4. The molecule has 0 aliphatic carbocycles. The summed E-state index contributed by atoms with van der Waals surface area (Å²) in [6, 6.07) is 12.7. The Morgan fingerprint density at radius 1 is 1.22 bits per heavy atom. The highest BCUT2D eigenvalue weighted by molar-refractivity contribution is 6.31. The van der Waals surface area contributed by atoms with Gasteiger partial charge in [0.05, 0.1) is 10.9 Å². The number of benzene rings is 2. The number of ether oxygens (including phenoxy) is 1. The maximum absolute atomic E-state index is 13.1. The second-order valence-corrected chi connectivity index (χ2v) is 6.43. The number of rotatable bonds is 5. The lowest BCUT2D eigenvalue weighted by Gasteiger charge is -2.16. The van der Waals surface area contributed by atoms with E-state index < -0.39 is 30.2 Å². The number of nitrogens with one attached hydrogen (secondary N) is 1. The largest absolute Gasteiger partial charge is 0.455 e. The van der Waals surface area contributed by atoms with Gasteiger partial charge in [-0.25, -0.2) is 4.39 Å². The molecule has 140 valence electrons. The number of hydrogen-bond donors (Lipinski definition) is 1. The maximum atomic E-state index is 13.1. The highest BCUT2D eigenvalue weighted by Gasteiger charge is 2.36. The predicted octanol–water partition coefficient (Wildman–Crippen LogP) is 3.01. The Balaban J connectivity index is 1.51. The number of carbonyl (C=O) groups excluding carboxylic acids is 3. The van der Waals surface area contributed by atoms with Crippen molar-refractivity contribution in [2.75, 3.05) is 23.4 Å². The van der Waals surface area contributed by atoms with E-state index in [1.54, 1.807) is 24.3 Å². The lowest BCUT2D eigenvalue weighted by atomic mass is 10.1. The second-order valence-electron chi connectivity index (χ2n) is 6.03. The summed E-state index contributed by atoms with van der Waals surface area (Å²) in [7, 11) is 0. The Bertz CT molecular complexity index is 875. The second kappa shape index (κ2) is 8.18. The minimum absolute atomic E-state index is 0.0307. The van der Waals surface area contributed by atoms with Gasteiger partial charge in [0.2, 0.25) is 5.91 Å². The Hall–Kier alpha value is -2.93. The van der Waals surface area contributed by atoms with Crippen molar-refractivity contribution in [1.29, 1.82) is 0 Å². The number of esters is 1. The molecule has 8 heteroatoms. The summed E-state index contributed by atoms with van der Waals surface area (Å²) < 4.78 is 18.1. The van der Waals surface area contributed by atoms with E-state index in [2.05, 4.69) is 5.32 Å². The molecule has 27 heavy (non-hydrogen) atoms. The molecule has 6 nitrogen and oxygen atoms in total. The third kappa shape index (κ3) is 4.62. The first-order chi connectivity index (χ1) is 12.9. The Morgan fingerprint density at radius 3 is 2.67 bits per heavy atom. The molecule has 1 atom stereocenters. The number of para-hydroxylation sites is 1. The molecule has 0 spiro atoms. The standard InChI is InChI=1S/C19H16ClFN2O4/c20-15-9-13(6-7-16(15)21)22-17(24)11-27-19(26)12-8-18(25)23(10-12)14-4-2-1-3-5-14/h1-7,9,12H,8,10-11H2,(H,22,24)/t12-/m0/s1. The van der Waals surface area contributed by atoms with Gasteiger partial charge < -0.3 is 15.0 Å². The Kier molecular flexibility index (Phi) is 5.71. The molecule has 2 amide bonds. The topological polar surface area (TPSA) is 75.7 Å². The first kappa shape index (κ1) is 18.8. The Labute approximate surface area is 159 Å². The van der Waals surface area contributed by atoms with Crippen LogP contribution in [-0.4, -0.2) is 30.9 Å². The van der Waals surface area contributed by atoms with Gasteiger partial charge in [0.1, 0.15) is 5.82 Å². The molecule has 0 unspecified atom stereocenters. The number of halogens is 2. The number of anilines is 2. The summed E-state index contributed by atoms with van der Waals surface area (Å²) in [4.78, 5) is 37.7. The van der Waals surface area contributed by atoms with Crippen molar-refractivity contribution in [2.45, 2.75) is 6.42 Å². The fraction of sp³-hybridized carbons (Fsp3) is 0.211. The van der Waals surface area contributed by atoms with Crippen LogP contribution in [0.25, 0.3) is 0 Å². The van der Waals surface area contributed by atoms with E-state index in [4.69, 9.17) is 16.3 Å². The molecule has 1 aliphatic heterocycles. The highest BCUT2D eigenvalue weighted by Crippen LogP contribution is 2.25. The Morgan fingerprint density at radius 2 is 1.96 bits per heavy atom. The average Bonchev–Trinajstić information content (AvgIpc) is 3.05. The summed E-state index contributed by atoms with van der Waals surface area (Å²) in [5, 5.41) is 2.33. The molecule has 0 radical (unpaired) electrons. The van der Waals surface area contributed by atoms with Gasteiger partial charge in [-0.2, -0.15) is 0 Å². The maximum Gasteiger partial charge on any atom is 0.311 e. The monoisotopic (exact) mass is 390 g/mol. The smallest absolute Gasteiger partial charge is 0.311 e. The van der Waals surface area contributed by atoms with Crippen LogP contribution in [0.3, 0.4) is 0 Å². The van der Waals surface area contributed by atoms with E-state index >= 15 is 0 Å². The third-order valence-corrected chi connectivity index (χ3v) is 4.36. The van der Waals surface area contributed by atoms with Crippen LogP contribution in [0.5, 0.6) is 0 Å². The minimum atomic E-state index is -0.634. The van der Waals surface area contributed by atoms with E-state index in [9.17, 15) is 18.8 Å². The molecule has 0 bridgehead atoms. The first-order valence-electron chi connectivity index (χ1n) is 8.21. The summed E-state index contributed by atoms with van der Waals surface area (Å²) in [5.74, 6) is -2.61. The molecule has 2 aromatic carbocycles. The normalized spacial score (nSPS) is 16.3. The summed E-state index contributed by atoms with van der Waals surface area (Å²) in [6.45, 7) is -0.305. The van der Waals surface area contributed by atoms with Gasteiger partial charge in [0.25, 0.3) is 5.91 Å². The molecule has 2 aromatic rings. The van der Waals surface area contributed by atoms with Crippen LogP contribution in [-0.2, 0) is 19.1 Å². The van der Waals surface area contributed by atoms with Crippen LogP contribution in [0.4, 0.5) is 15.8 Å². The van der Waals surface area contributed by atoms with Crippen molar-refractivity contribution >= 4 is 40.8 Å². The predicted molar refractivity (Wildman–Crippen MR) is 97.9 cm³/mol. The van der Waals surface area contributed by atoms with E-state index in [1.807, 2.05) is 6.07 Å². The first-order valence-corrected chi connectivity index (χ1v) is 8.59. The van der Waals surface area contributed by atoms with Crippen molar-refractivity contribution in [3.05, 3.63) is 59.4 Å². The molecule has 1 saturated heterocycles. The minimum Gasteiger partial charge on any atom is -0.455 e. The van der Waals surface area contributed by atoms with Gasteiger partial charge in [0.15, 0.2) is 6.61 Å². The zero-order valence-electron chi connectivity index (χ0n) is 14.2. The van der Waals surface area contributed by atoms with Crippen molar-refractivity contribution in [1.82, 2.24) is 0 Å². The molecular formula is C19H16ClFN2O4. The van der Waals surface area contributed by atoms with E-state index in [0.717, 1.165) is 6.07 Å². The van der Waals surface area contributed by atoms with Gasteiger partial charge in [-0.15, -0.1) is 0 Å². The lowest BCUT2D eigenvalue weighted by Crippen LogP contribution is -2.28. The summed E-state index contributed by atoms with van der Waals surface area (Å²) >= 11 is 5.64. The fourth-order valence-electron chi connectivity index (χ4n) is 2.75. The van der Waals surface area contributed by atoms with Gasteiger partial charge in [-0.05, 0) is 30.3 Å². The molecule has 1 aliphatic rings. The molecule has 1 fully saturated rings. The lowest BCUT2D eigenvalue weighted by molar-refractivity contribution is -0.151. The summed E-state index contributed by atoms with van der Waals surface area (Å²) in [6.07, 6.45) is 0.0307. The molecular weight excluding hydrogens is 375 g/mol. The fourth-order valence-corrected chi connectivity index (χ4v) is 2.93. The number of amides is 2. The molecule has 0 saturated carbocycles. The van der Waals surface area contributed by atoms with Crippen molar-refractivity contribution in [3.63, 3.8) is 0 Å². The molecule has 3 rings (SSSR count). The quantitative estimate of drug-likeness (QED) is 0.796. The van der Waals surface area contributed by atoms with E-state index in [0.29, 0.717) is 5.69 Å². The van der Waals surface area contributed by atoms with Crippen LogP contribution in [0.2, 0.25) is 5.02 Å². The SMILES string of the molecule is O=C(COC(=O)[C@H]1CC(=O)N(c2ccccc2)C1)Nc1ccc(F)c(Cl)c1. The van der Waals surface area contributed by atoms with Crippen LogP contribution >= 0.6 is 11.6 Å². The van der Waals surface area contributed by atoms with Crippen LogP contribution in [0.1, 0.15) is 6.42 Å². The average molecular weight is 391 g/mol. The highest BCUT2D eigenvalue weighted by atomic mass is 35.5. The van der Waals surface area contributed by atoms with Gasteiger partial charge >= 0.3 is 5.97 Å². The van der Waals surface area contributed by atoms with Crippen LogP contribution in [0.15, 0.2) is 48.5 Å². The number of hydrogen-bond acceptors (Lipinski definition) is 4. The van der Waals surface area contributed by atoms with Crippen molar-refractivity contribution < 1.29 is 23.5 Å². The number of nitrogens with zero attached hydrogens (tertiary/aromatic N) is 1. The third-order valence-electron chi connectivity index (χ3n) is 4.08. The van der Waals surface area contributed by atoms with Gasteiger partial charge in [-0.3, -0.25) is 14.4 Å². The number of carbonyl (C=O) groups is 3. The molecule has 1 heterocycles. The molecule has 1 N–H and O–H groups in total. The summed E-state index contributed by atoms with van der Waals surface area (Å²) in [5.41, 5.74) is 0.998. The van der Waals surface area contributed by atoms with Crippen molar-refractivity contribution in [2.24, 2.45) is 5.92 Å². The van der Waals surface area contributed by atoms with E-state index in [1.165, 1.54) is 17.0 Å². The van der Waals surface area contributed by atoms with Crippen LogP contribution < -0.4 is 10.2 Å². The molecule has 0 aromatic heterocycles. The van der Waals surface area contributed by atoms with Gasteiger partial charge in [0, 0.05) is 24.3 Å². The van der Waals surface area contributed by atoms with Gasteiger partial charge in [-0.1, -0.05) is 29.8 Å². The van der Waals surface area contributed by atoms with Crippen molar-refractivity contribution in [3.8, 4) is 0 Å².